The molecule has 9 heteroatoms. The van der Waals surface area contributed by atoms with Crippen molar-refractivity contribution in [3.63, 3.8) is 0 Å². The first-order valence-electron chi connectivity index (χ1n) is 9.62. The predicted octanol–water partition coefficient (Wildman–Crippen LogP) is 4.09. The molecule has 164 valence electrons. The van der Waals surface area contributed by atoms with Gasteiger partial charge in [-0.25, -0.2) is 9.18 Å². The van der Waals surface area contributed by atoms with Crippen LogP contribution in [0.3, 0.4) is 0 Å². The van der Waals surface area contributed by atoms with E-state index in [9.17, 15) is 14.9 Å². The summed E-state index contributed by atoms with van der Waals surface area (Å²) in [6.07, 6.45) is 0. The Bertz CT molecular complexity index is 1140. The number of allylic oxidation sites excluding steroid dienone is 1. The lowest BCUT2D eigenvalue weighted by molar-refractivity contribution is -0.138. The van der Waals surface area contributed by atoms with Crippen molar-refractivity contribution in [2.24, 2.45) is 5.73 Å². The van der Waals surface area contributed by atoms with E-state index in [0.29, 0.717) is 11.3 Å². The minimum absolute atomic E-state index is 0.0270. The highest BCUT2D eigenvalue weighted by atomic mass is 35.5. The van der Waals surface area contributed by atoms with Crippen LogP contribution >= 0.6 is 23.4 Å². The molecule has 3 rings (SSSR count). The summed E-state index contributed by atoms with van der Waals surface area (Å²) in [6, 6.07) is 15.1. The molecule has 1 amide bonds. The zero-order chi connectivity index (χ0) is 23.3. The van der Waals surface area contributed by atoms with Crippen LogP contribution in [-0.4, -0.2) is 24.2 Å². The fourth-order valence-electron chi connectivity index (χ4n) is 3.38. The number of halogens is 2. The SMILES string of the molecule is CCOC(=O)C1=C(c2ccccc2)NC(SCC(N)=O)=C(C#N)C1c1c(F)cccc1Cl. The largest absolute Gasteiger partial charge is 0.463 e. The average Bonchev–Trinajstić information content (AvgIpc) is 2.77. The first-order chi connectivity index (χ1) is 15.4. The lowest BCUT2D eigenvalue weighted by Crippen LogP contribution is -2.30. The highest BCUT2D eigenvalue weighted by molar-refractivity contribution is 8.03. The van der Waals surface area contributed by atoms with Crippen molar-refractivity contribution in [2.45, 2.75) is 12.8 Å². The Morgan fingerprint density at radius 3 is 2.56 bits per heavy atom. The van der Waals surface area contributed by atoms with E-state index in [1.807, 2.05) is 0 Å². The summed E-state index contributed by atoms with van der Waals surface area (Å²) in [7, 11) is 0. The van der Waals surface area contributed by atoms with Crippen molar-refractivity contribution < 1.29 is 18.7 Å². The van der Waals surface area contributed by atoms with Gasteiger partial charge >= 0.3 is 5.97 Å². The second-order valence-corrected chi connectivity index (χ2v) is 8.07. The van der Waals surface area contributed by atoms with Crippen molar-refractivity contribution in [2.75, 3.05) is 12.4 Å². The molecule has 0 fully saturated rings. The Hall–Kier alpha value is -3.28. The third kappa shape index (κ3) is 4.79. The molecule has 2 aromatic carbocycles. The number of rotatable bonds is 7. The number of nitrogens with one attached hydrogen (secondary N) is 1. The fraction of sp³-hybridized carbons (Fsp3) is 0.174. The molecule has 0 radical (unpaired) electrons. The van der Waals surface area contributed by atoms with E-state index < -0.39 is 23.6 Å². The number of nitrogens with two attached hydrogens (primary N) is 1. The second-order valence-electron chi connectivity index (χ2n) is 6.68. The Morgan fingerprint density at radius 1 is 1.25 bits per heavy atom. The van der Waals surface area contributed by atoms with Crippen molar-refractivity contribution >= 4 is 40.9 Å². The average molecular weight is 472 g/mol. The Morgan fingerprint density at radius 2 is 1.97 bits per heavy atom. The van der Waals surface area contributed by atoms with Gasteiger partial charge in [-0.1, -0.05) is 59.8 Å². The predicted molar refractivity (Wildman–Crippen MR) is 122 cm³/mol. The van der Waals surface area contributed by atoms with E-state index >= 15 is 4.39 Å². The van der Waals surface area contributed by atoms with E-state index in [2.05, 4.69) is 11.4 Å². The summed E-state index contributed by atoms with van der Waals surface area (Å²) >= 11 is 7.35. The van der Waals surface area contributed by atoms with E-state index in [1.54, 1.807) is 37.3 Å². The molecule has 3 N–H and O–H groups in total. The maximum atomic E-state index is 15.0. The standard InChI is InChI=1S/C23H19ClFN3O3S/c1-2-31-23(30)20-18(19-15(24)9-6-10-16(19)25)14(11-26)22(32-12-17(27)29)28-21(20)13-7-4-3-5-8-13/h3-10,18,28H,2,12H2,1H3,(H2,27,29). The van der Waals surface area contributed by atoms with Crippen LogP contribution in [0, 0.1) is 17.1 Å². The molecular weight excluding hydrogens is 453 g/mol. The maximum absolute atomic E-state index is 15.0. The molecule has 1 unspecified atom stereocenters. The number of hydrogen-bond donors (Lipinski definition) is 2. The number of dihydropyridines is 1. The monoisotopic (exact) mass is 471 g/mol. The smallest absolute Gasteiger partial charge is 0.337 e. The van der Waals surface area contributed by atoms with Crippen LogP contribution in [0.25, 0.3) is 5.70 Å². The molecule has 0 bridgehead atoms. The summed E-state index contributed by atoms with van der Waals surface area (Å²) in [5.74, 6) is -3.26. The molecule has 32 heavy (non-hydrogen) atoms. The molecule has 0 spiro atoms. The summed E-state index contributed by atoms with van der Waals surface area (Å²) in [6.45, 7) is 1.73. The number of amides is 1. The van der Waals surface area contributed by atoms with Gasteiger partial charge < -0.3 is 15.8 Å². The third-order valence-corrected chi connectivity index (χ3v) is 6.02. The highest BCUT2D eigenvalue weighted by Gasteiger charge is 2.39. The van der Waals surface area contributed by atoms with Crippen molar-refractivity contribution in [1.82, 2.24) is 5.32 Å². The van der Waals surface area contributed by atoms with Crippen molar-refractivity contribution in [3.8, 4) is 6.07 Å². The molecule has 0 aromatic heterocycles. The van der Waals surface area contributed by atoms with Crippen molar-refractivity contribution in [1.29, 1.82) is 5.26 Å². The molecule has 1 atom stereocenters. The second kappa shape index (κ2) is 10.4. The molecule has 1 aliphatic heterocycles. The fourth-order valence-corrected chi connectivity index (χ4v) is 4.43. The first kappa shape index (κ1) is 23.4. The van der Waals surface area contributed by atoms with Crippen LogP contribution in [0.1, 0.15) is 24.0 Å². The first-order valence-corrected chi connectivity index (χ1v) is 11.0. The van der Waals surface area contributed by atoms with Crippen LogP contribution in [-0.2, 0) is 14.3 Å². The van der Waals surface area contributed by atoms with Gasteiger partial charge in [-0.05, 0) is 24.6 Å². The molecule has 0 saturated heterocycles. The lowest BCUT2D eigenvalue weighted by atomic mass is 9.81. The molecular formula is C23H19ClFN3O3S. The highest BCUT2D eigenvalue weighted by Crippen LogP contribution is 2.46. The Balaban J connectivity index is 2.35. The molecule has 1 heterocycles. The van der Waals surface area contributed by atoms with Gasteiger partial charge in [0.05, 0.1) is 46.2 Å². The van der Waals surface area contributed by atoms with Crippen LogP contribution in [0.2, 0.25) is 5.02 Å². The van der Waals surface area contributed by atoms with E-state index in [0.717, 1.165) is 11.8 Å². The third-order valence-electron chi connectivity index (χ3n) is 4.66. The van der Waals surface area contributed by atoms with Gasteiger partial charge in [-0.15, -0.1) is 0 Å². The molecule has 1 aliphatic rings. The summed E-state index contributed by atoms with van der Waals surface area (Å²) < 4.78 is 20.3. The quantitative estimate of drug-likeness (QED) is 0.589. The molecule has 2 aromatic rings. The van der Waals surface area contributed by atoms with E-state index in [1.165, 1.54) is 18.2 Å². The summed E-state index contributed by atoms with van der Waals surface area (Å²) in [4.78, 5) is 24.5. The maximum Gasteiger partial charge on any atom is 0.337 e. The minimum atomic E-state index is -1.15. The van der Waals surface area contributed by atoms with Crippen LogP contribution in [0.5, 0.6) is 0 Å². The number of nitriles is 1. The summed E-state index contributed by atoms with van der Waals surface area (Å²) in [5.41, 5.74) is 6.29. The van der Waals surface area contributed by atoms with Crippen LogP contribution in [0.4, 0.5) is 4.39 Å². The van der Waals surface area contributed by atoms with Gasteiger partial charge in [0.15, 0.2) is 0 Å². The number of benzene rings is 2. The topological polar surface area (TPSA) is 105 Å². The summed E-state index contributed by atoms with van der Waals surface area (Å²) in [5, 5.41) is 13.4. The zero-order valence-corrected chi connectivity index (χ0v) is 18.6. The van der Waals surface area contributed by atoms with Gasteiger partial charge in [0.2, 0.25) is 5.91 Å². The van der Waals surface area contributed by atoms with Crippen molar-refractivity contribution in [3.05, 3.63) is 86.7 Å². The normalized spacial score (nSPS) is 15.8. The Labute approximate surface area is 193 Å². The number of carbonyl (C=O) groups excluding carboxylic acids is 2. The van der Waals surface area contributed by atoms with E-state index in [4.69, 9.17) is 22.1 Å². The lowest BCUT2D eigenvalue weighted by Gasteiger charge is -2.31. The van der Waals surface area contributed by atoms with Crippen LogP contribution in [0.15, 0.2) is 64.7 Å². The number of esters is 1. The number of thioether (sulfide) groups is 1. The number of hydrogen-bond acceptors (Lipinski definition) is 6. The van der Waals surface area contributed by atoms with E-state index in [-0.39, 0.29) is 39.1 Å². The van der Waals surface area contributed by atoms with Gasteiger partial charge in [0.1, 0.15) is 5.82 Å². The Kier molecular flexibility index (Phi) is 7.57. The number of carbonyl (C=O) groups is 2. The number of ether oxygens (including phenoxy) is 1. The number of primary amides is 1. The van der Waals surface area contributed by atoms with Gasteiger partial charge in [0.25, 0.3) is 0 Å². The molecule has 6 nitrogen and oxygen atoms in total. The van der Waals surface area contributed by atoms with Gasteiger partial charge in [-0.2, -0.15) is 5.26 Å². The molecule has 0 aliphatic carbocycles. The van der Waals surface area contributed by atoms with Gasteiger partial charge in [0, 0.05) is 10.6 Å². The van der Waals surface area contributed by atoms with Crippen LogP contribution < -0.4 is 11.1 Å². The number of nitrogens with zero attached hydrogens (tertiary/aromatic N) is 1. The zero-order valence-electron chi connectivity index (χ0n) is 17.0. The molecule has 0 saturated carbocycles. The minimum Gasteiger partial charge on any atom is -0.463 e. The van der Waals surface area contributed by atoms with Gasteiger partial charge in [-0.3, -0.25) is 4.79 Å².